The highest BCUT2D eigenvalue weighted by Crippen LogP contribution is 2.22. The summed E-state index contributed by atoms with van der Waals surface area (Å²) in [4.78, 5) is 9.15. The highest BCUT2D eigenvalue weighted by molar-refractivity contribution is 7.07. The van der Waals surface area contributed by atoms with Crippen LogP contribution < -0.4 is 10.6 Å². The number of hydrogen-bond donors (Lipinski definition) is 2. The second-order valence-corrected chi connectivity index (χ2v) is 7.10. The first-order valence-electron chi connectivity index (χ1n) is 9.54. The van der Waals surface area contributed by atoms with Crippen molar-refractivity contribution in [3.63, 3.8) is 0 Å². The lowest BCUT2D eigenvalue weighted by atomic mass is 10.1. The molecule has 2 N–H and O–H groups in total. The molecule has 0 bridgehead atoms. The van der Waals surface area contributed by atoms with E-state index in [2.05, 4.69) is 63.1 Å². The Hall–Kier alpha value is -1.15. The molecule has 0 spiro atoms. The monoisotopic (exact) mass is 383 g/mol. The summed E-state index contributed by atoms with van der Waals surface area (Å²) < 4.78 is 5.10. The number of nitrogens with one attached hydrogen (secondary N) is 2. The summed E-state index contributed by atoms with van der Waals surface area (Å²) in [5, 5.41) is 11.3. The van der Waals surface area contributed by atoms with Crippen molar-refractivity contribution >= 4 is 17.3 Å². The van der Waals surface area contributed by atoms with Gasteiger partial charge in [-0.25, -0.2) is 0 Å². The number of aliphatic imine (C=N–C) groups is 1. The van der Waals surface area contributed by atoms with Crippen LogP contribution in [0.4, 0.5) is 0 Å². The van der Waals surface area contributed by atoms with E-state index in [-0.39, 0.29) is 0 Å². The second-order valence-electron chi connectivity index (χ2n) is 6.32. The molecule has 1 rings (SSSR count). The summed E-state index contributed by atoms with van der Waals surface area (Å²) in [7, 11) is 5.72. The molecule has 0 aliphatic heterocycles. The molecule has 7 heteroatoms. The molecule has 0 saturated heterocycles. The number of hydrogen-bond acceptors (Lipinski definition) is 5. The first-order valence-corrected chi connectivity index (χ1v) is 10.5. The van der Waals surface area contributed by atoms with Crippen molar-refractivity contribution in [1.82, 2.24) is 20.4 Å². The van der Waals surface area contributed by atoms with Crippen molar-refractivity contribution in [3.8, 4) is 0 Å². The highest BCUT2D eigenvalue weighted by Gasteiger charge is 2.18. The van der Waals surface area contributed by atoms with E-state index in [1.54, 1.807) is 18.4 Å². The van der Waals surface area contributed by atoms with Gasteiger partial charge >= 0.3 is 0 Å². The number of likely N-dealkylation sites (N-methyl/N-ethyl adjacent to an activating group) is 2. The van der Waals surface area contributed by atoms with Crippen molar-refractivity contribution in [2.45, 2.75) is 26.3 Å². The van der Waals surface area contributed by atoms with E-state index in [4.69, 9.17) is 4.74 Å². The molecule has 0 aromatic carbocycles. The molecule has 1 unspecified atom stereocenters. The number of methoxy groups -OCH3 is 1. The summed E-state index contributed by atoms with van der Waals surface area (Å²) in [6, 6.07) is 2.59. The van der Waals surface area contributed by atoms with Crippen LogP contribution in [0.2, 0.25) is 0 Å². The molecular formula is C19H37N5OS. The van der Waals surface area contributed by atoms with Crippen LogP contribution in [-0.4, -0.2) is 82.8 Å². The van der Waals surface area contributed by atoms with E-state index < -0.39 is 0 Å². The molecule has 0 amide bonds. The zero-order valence-corrected chi connectivity index (χ0v) is 17.9. The fourth-order valence-corrected chi connectivity index (χ4v) is 3.66. The Balaban J connectivity index is 2.43. The lowest BCUT2D eigenvalue weighted by molar-refractivity contribution is 0.180. The molecular weight excluding hydrogens is 346 g/mol. The molecule has 0 fully saturated rings. The summed E-state index contributed by atoms with van der Waals surface area (Å²) in [5.41, 5.74) is 1.37. The number of guanidine groups is 1. The number of thiophene rings is 1. The van der Waals surface area contributed by atoms with Crippen LogP contribution in [0.15, 0.2) is 21.8 Å². The molecule has 0 saturated carbocycles. The van der Waals surface area contributed by atoms with Gasteiger partial charge in [0.15, 0.2) is 5.96 Å². The third-order valence-corrected chi connectivity index (χ3v) is 5.24. The fraction of sp³-hybridized carbons (Fsp3) is 0.737. The van der Waals surface area contributed by atoms with E-state index in [9.17, 15) is 0 Å². The first kappa shape index (κ1) is 22.9. The van der Waals surface area contributed by atoms with E-state index >= 15 is 0 Å². The van der Waals surface area contributed by atoms with Crippen LogP contribution in [0, 0.1) is 0 Å². The van der Waals surface area contributed by atoms with E-state index in [1.807, 2.05) is 7.05 Å². The predicted octanol–water partition coefficient (Wildman–Crippen LogP) is 2.26. The standard InChI is InChI=1S/C19H37N5OS/c1-6-24(7-2)18(17-9-14-26-16-17)15-22-19(20-3)21-10-12-23(4)11-8-13-25-5/h9,14,16,18H,6-8,10-13,15H2,1-5H3,(H2,20,21,22). The molecule has 0 aliphatic carbocycles. The molecule has 1 aromatic rings. The Bertz CT molecular complexity index is 476. The molecule has 1 heterocycles. The van der Waals surface area contributed by atoms with Crippen LogP contribution in [0.1, 0.15) is 31.9 Å². The number of ether oxygens (including phenoxy) is 1. The van der Waals surface area contributed by atoms with Crippen LogP contribution in [-0.2, 0) is 4.74 Å². The van der Waals surface area contributed by atoms with Crippen molar-refractivity contribution < 1.29 is 4.74 Å². The van der Waals surface area contributed by atoms with Crippen molar-refractivity contribution in [1.29, 1.82) is 0 Å². The Labute approximate surface area is 163 Å². The lowest BCUT2D eigenvalue weighted by Crippen LogP contribution is -2.45. The molecule has 0 aliphatic rings. The van der Waals surface area contributed by atoms with Crippen molar-refractivity contribution in [2.75, 3.05) is 67.1 Å². The smallest absolute Gasteiger partial charge is 0.191 e. The van der Waals surface area contributed by atoms with Gasteiger partial charge in [-0.1, -0.05) is 13.8 Å². The lowest BCUT2D eigenvalue weighted by Gasteiger charge is -2.30. The molecule has 0 radical (unpaired) electrons. The summed E-state index contributed by atoms with van der Waals surface area (Å²) in [6.45, 7) is 11.1. The third kappa shape index (κ3) is 8.49. The number of rotatable bonds is 13. The Morgan fingerprint density at radius 3 is 2.62 bits per heavy atom. The largest absolute Gasteiger partial charge is 0.385 e. The second kappa shape index (κ2) is 14.0. The Morgan fingerprint density at radius 1 is 1.27 bits per heavy atom. The molecule has 1 aromatic heterocycles. The quantitative estimate of drug-likeness (QED) is 0.311. The minimum Gasteiger partial charge on any atom is -0.385 e. The SMILES string of the molecule is CCN(CC)C(CNC(=NC)NCCN(C)CCCOC)c1ccsc1. The highest BCUT2D eigenvalue weighted by atomic mass is 32.1. The Morgan fingerprint density at radius 2 is 2.04 bits per heavy atom. The zero-order chi connectivity index (χ0) is 19.2. The zero-order valence-electron chi connectivity index (χ0n) is 17.1. The van der Waals surface area contributed by atoms with Crippen molar-refractivity contribution in [2.24, 2.45) is 4.99 Å². The Kier molecular flexibility index (Phi) is 12.3. The van der Waals surface area contributed by atoms with E-state index in [0.717, 1.165) is 58.3 Å². The van der Waals surface area contributed by atoms with Gasteiger partial charge in [0.05, 0.1) is 6.04 Å². The van der Waals surface area contributed by atoms with Crippen LogP contribution in [0.5, 0.6) is 0 Å². The van der Waals surface area contributed by atoms with Crippen LogP contribution in [0.3, 0.4) is 0 Å². The maximum Gasteiger partial charge on any atom is 0.191 e. The minimum absolute atomic E-state index is 0.367. The van der Waals surface area contributed by atoms with Gasteiger partial charge in [-0.15, -0.1) is 0 Å². The summed E-state index contributed by atoms with van der Waals surface area (Å²) >= 11 is 1.76. The summed E-state index contributed by atoms with van der Waals surface area (Å²) in [5.74, 6) is 0.864. The minimum atomic E-state index is 0.367. The molecule has 150 valence electrons. The van der Waals surface area contributed by atoms with E-state index in [1.165, 1.54) is 5.56 Å². The van der Waals surface area contributed by atoms with Gasteiger partial charge in [-0.05, 0) is 48.9 Å². The maximum atomic E-state index is 5.10. The molecule has 26 heavy (non-hydrogen) atoms. The predicted molar refractivity (Wildman–Crippen MR) is 113 cm³/mol. The maximum absolute atomic E-state index is 5.10. The number of nitrogens with zero attached hydrogens (tertiary/aromatic N) is 3. The average molecular weight is 384 g/mol. The van der Waals surface area contributed by atoms with Gasteiger partial charge in [0.1, 0.15) is 0 Å². The van der Waals surface area contributed by atoms with Gasteiger partial charge in [0.25, 0.3) is 0 Å². The van der Waals surface area contributed by atoms with Gasteiger partial charge in [0.2, 0.25) is 0 Å². The van der Waals surface area contributed by atoms with Crippen molar-refractivity contribution in [3.05, 3.63) is 22.4 Å². The molecule has 1 atom stereocenters. The normalized spacial score (nSPS) is 13.4. The molecule has 6 nitrogen and oxygen atoms in total. The first-order chi connectivity index (χ1) is 12.7. The average Bonchev–Trinajstić information content (AvgIpc) is 3.18. The fourth-order valence-electron chi connectivity index (χ4n) is 2.96. The van der Waals surface area contributed by atoms with Crippen LogP contribution >= 0.6 is 11.3 Å². The summed E-state index contributed by atoms with van der Waals surface area (Å²) in [6.07, 6.45) is 1.06. The van der Waals surface area contributed by atoms with Crippen LogP contribution in [0.25, 0.3) is 0 Å². The van der Waals surface area contributed by atoms with Gasteiger partial charge in [-0.2, -0.15) is 11.3 Å². The third-order valence-electron chi connectivity index (χ3n) is 4.54. The van der Waals surface area contributed by atoms with Gasteiger partial charge < -0.3 is 20.3 Å². The van der Waals surface area contributed by atoms with Gasteiger partial charge in [0, 0.05) is 46.9 Å². The van der Waals surface area contributed by atoms with E-state index in [0.29, 0.717) is 6.04 Å². The topological polar surface area (TPSA) is 52.1 Å². The van der Waals surface area contributed by atoms with Gasteiger partial charge in [-0.3, -0.25) is 9.89 Å².